The van der Waals surface area contributed by atoms with E-state index in [0.29, 0.717) is 28.2 Å². The molecule has 1 aliphatic heterocycles. The normalized spacial score (nSPS) is 16.5. The largest absolute Gasteiger partial charge is 0.493 e. The number of aryl methyl sites for hydroxylation is 1. The van der Waals surface area contributed by atoms with Gasteiger partial charge in [0.25, 0.3) is 5.91 Å². The van der Waals surface area contributed by atoms with Crippen LogP contribution >= 0.6 is 11.8 Å². The van der Waals surface area contributed by atoms with Gasteiger partial charge in [0.2, 0.25) is 0 Å². The van der Waals surface area contributed by atoms with Crippen LogP contribution in [0.4, 0.5) is 5.69 Å². The minimum Gasteiger partial charge on any atom is -0.493 e. The molecule has 0 spiro atoms. The van der Waals surface area contributed by atoms with Gasteiger partial charge in [-0.15, -0.1) is 0 Å². The van der Waals surface area contributed by atoms with Gasteiger partial charge in [-0.3, -0.25) is 9.69 Å². The average molecular weight is 425 g/mol. The fraction of sp³-hybridized carbons (Fsp3) is 0.333. The summed E-state index contributed by atoms with van der Waals surface area (Å²) in [5, 5.41) is 0.679. The number of hydrogen-bond donors (Lipinski definition) is 0. The highest BCUT2D eigenvalue weighted by Gasteiger charge is 2.30. The quantitative estimate of drug-likeness (QED) is 0.405. The number of para-hydroxylation sites is 1. The highest BCUT2D eigenvalue weighted by molar-refractivity contribution is 8.18. The number of amidine groups is 1. The average Bonchev–Trinajstić information content (AvgIpc) is 3.02. The van der Waals surface area contributed by atoms with Crippen molar-refractivity contribution in [2.75, 3.05) is 20.8 Å². The standard InChI is InChI=1S/C24H28N2O3S/c1-5-7-14-29-20-13-12-17(15-21(20)28-4)16-22-23(27)26(3)24(30-22)25-19-11-9-8-10-18(19)6-2/h8-13,15-16H,5-7,14H2,1-4H3/b22-16-,25-24?. The van der Waals surface area contributed by atoms with Crippen molar-refractivity contribution >= 4 is 34.6 Å². The predicted octanol–water partition coefficient (Wildman–Crippen LogP) is 5.67. The van der Waals surface area contributed by atoms with Crippen LogP contribution in [0.5, 0.6) is 11.5 Å². The van der Waals surface area contributed by atoms with Gasteiger partial charge >= 0.3 is 0 Å². The lowest BCUT2D eigenvalue weighted by atomic mass is 10.1. The number of rotatable bonds is 8. The van der Waals surface area contributed by atoms with E-state index in [2.05, 4.69) is 19.9 Å². The third kappa shape index (κ3) is 5.05. The maximum absolute atomic E-state index is 12.8. The smallest absolute Gasteiger partial charge is 0.266 e. The van der Waals surface area contributed by atoms with Gasteiger partial charge in [0.15, 0.2) is 16.7 Å². The number of hydrogen-bond acceptors (Lipinski definition) is 5. The molecule has 1 fully saturated rings. The molecule has 1 amide bonds. The first-order chi connectivity index (χ1) is 14.6. The Kier molecular flexibility index (Phi) is 7.57. The molecule has 5 nitrogen and oxygen atoms in total. The Morgan fingerprint density at radius 3 is 2.67 bits per heavy atom. The fourth-order valence-corrected chi connectivity index (χ4v) is 4.02. The molecule has 6 heteroatoms. The first kappa shape index (κ1) is 22.0. The maximum Gasteiger partial charge on any atom is 0.266 e. The molecule has 0 N–H and O–H groups in total. The number of benzene rings is 2. The zero-order chi connectivity index (χ0) is 21.5. The van der Waals surface area contributed by atoms with Gasteiger partial charge in [-0.2, -0.15) is 0 Å². The third-order valence-corrected chi connectivity index (χ3v) is 5.89. The zero-order valence-corrected chi connectivity index (χ0v) is 18.8. The molecule has 1 heterocycles. The van der Waals surface area contributed by atoms with E-state index >= 15 is 0 Å². The zero-order valence-electron chi connectivity index (χ0n) is 18.0. The minimum absolute atomic E-state index is 0.0602. The summed E-state index contributed by atoms with van der Waals surface area (Å²) in [6.07, 6.45) is 4.84. The molecule has 2 aromatic carbocycles. The summed E-state index contributed by atoms with van der Waals surface area (Å²) in [5.74, 6) is 1.32. The van der Waals surface area contributed by atoms with Crippen molar-refractivity contribution in [3.63, 3.8) is 0 Å². The van der Waals surface area contributed by atoms with Crippen molar-refractivity contribution in [2.45, 2.75) is 33.1 Å². The summed E-state index contributed by atoms with van der Waals surface area (Å²) >= 11 is 1.39. The summed E-state index contributed by atoms with van der Waals surface area (Å²) in [4.78, 5) is 19.7. The molecule has 0 saturated carbocycles. The predicted molar refractivity (Wildman–Crippen MR) is 125 cm³/mol. The van der Waals surface area contributed by atoms with Gasteiger partial charge in [-0.1, -0.05) is 44.5 Å². The van der Waals surface area contributed by atoms with Gasteiger partial charge in [-0.25, -0.2) is 4.99 Å². The van der Waals surface area contributed by atoms with Gasteiger partial charge < -0.3 is 9.47 Å². The lowest BCUT2D eigenvalue weighted by Crippen LogP contribution is -2.23. The van der Waals surface area contributed by atoms with Crippen molar-refractivity contribution in [1.82, 2.24) is 4.90 Å². The van der Waals surface area contributed by atoms with Crippen LogP contribution in [0.15, 0.2) is 52.4 Å². The summed E-state index contributed by atoms with van der Waals surface area (Å²) in [5.41, 5.74) is 2.94. The van der Waals surface area contributed by atoms with Crippen LogP contribution in [0, 0.1) is 0 Å². The number of methoxy groups -OCH3 is 1. The van der Waals surface area contributed by atoms with E-state index in [9.17, 15) is 4.79 Å². The second-order valence-electron chi connectivity index (χ2n) is 6.96. The molecule has 0 unspecified atom stereocenters. The molecular formula is C24H28N2O3S. The van der Waals surface area contributed by atoms with Crippen molar-refractivity contribution < 1.29 is 14.3 Å². The summed E-state index contributed by atoms with van der Waals surface area (Å²) < 4.78 is 11.3. The molecule has 0 aliphatic carbocycles. The molecule has 30 heavy (non-hydrogen) atoms. The van der Waals surface area contributed by atoms with Crippen molar-refractivity contribution in [1.29, 1.82) is 0 Å². The molecule has 0 bridgehead atoms. The summed E-state index contributed by atoms with van der Waals surface area (Å²) in [6, 6.07) is 13.7. The minimum atomic E-state index is -0.0602. The fourth-order valence-electron chi connectivity index (χ4n) is 3.04. The van der Waals surface area contributed by atoms with Crippen LogP contribution in [-0.4, -0.2) is 36.7 Å². The molecule has 1 aliphatic rings. The Bertz CT molecular complexity index is 969. The van der Waals surface area contributed by atoms with Crippen molar-refractivity contribution in [3.8, 4) is 11.5 Å². The molecule has 3 rings (SSSR count). The summed E-state index contributed by atoms with van der Waals surface area (Å²) in [6.45, 7) is 4.89. The molecular weight excluding hydrogens is 396 g/mol. The van der Waals surface area contributed by atoms with Gasteiger partial charge in [0.05, 0.1) is 24.3 Å². The van der Waals surface area contributed by atoms with E-state index in [0.717, 1.165) is 36.1 Å². The first-order valence-electron chi connectivity index (χ1n) is 10.2. The topological polar surface area (TPSA) is 51.1 Å². The molecule has 0 radical (unpaired) electrons. The van der Waals surface area contributed by atoms with Gasteiger partial charge in [0, 0.05) is 7.05 Å². The second-order valence-corrected chi connectivity index (χ2v) is 7.97. The lowest BCUT2D eigenvalue weighted by molar-refractivity contribution is -0.121. The van der Waals surface area contributed by atoms with E-state index in [1.165, 1.54) is 11.8 Å². The van der Waals surface area contributed by atoms with Crippen LogP contribution in [0.3, 0.4) is 0 Å². The van der Waals surface area contributed by atoms with Crippen molar-refractivity contribution in [2.24, 2.45) is 4.99 Å². The molecule has 2 aromatic rings. The number of carbonyl (C=O) groups excluding carboxylic acids is 1. The Morgan fingerprint density at radius 1 is 1.13 bits per heavy atom. The Balaban J connectivity index is 1.84. The molecule has 0 atom stereocenters. The third-order valence-electron chi connectivity index (χ3n) is 4.83. The highest BCUT2D eigenvalue weighted by atomic mass is 32.2. The number of unbranched alkanes of at least 4 members (excludes halogenated alkanes) is 1. The van der Waals surface area contributed by atoms with E-state index in [1.54, 1.807) is 19.1 Å². The molecule has 0 aromatic heterocycles. The Labute approximate surface area is 182 Å². The van der Waals surface area contributed by atoms with E-state index < -0.39 is 0 Å². The SMILES string of the molecule is CCCCOc1ccc(/C=C2\SC(=Nc3ccccc3CC)N(C)C2=O)cc1OC. The number of aliphatic imine (C=N–C) groups is 1. The second kappa shape index (κ2) is 10.3. The first-order valence-corrected chi connectivity index (χ1v) is 11.0. The van der Waals surface area contributed by atoms with Crippen molar-refractivity contribution in [3.05, 3.63) is 58.5 Å². The number of likely N-dealkylation sites (N-methyl/N-ethyl adjacent to an activating group) is 1. The number of ether oxygens (including phenoxy) is 2. The molecule has 158 valence electrons. The number of carbonyl (C=O) groups is 1. The summed E-state index contributed by atoms with van der Waals surface area (Å²) in [7, 11) is 3.38. The van der Waals surface area contributed by atoms with E-state index in [4.69, 9.17) is 14.5 Å². The monoisotopic (exact) mass is 424 g/mol. The van der Waals surface area contributed by atoms with Crippen LogP contribution in [0.25, 0.3) is 6.08 Å². The lowest BCUT2D eigenvalue weighted by Gasteiger charge is -2.11. The number of thioether (sulfide) groups is 1. The van der Waals surface area contributed by atoms with Gasteiger partial charge in [-0.05, 0) is 60.0 Å². The highest BCUT2D eigenvalue weighted by Crippen LogP contribution is 2.35. The van der Waals surface area contributed by atoms with E-state index in [-0.39, 0.29) is 5.91 Å². The van der Waals surface area contributed by atoms with E-state index in [1.807, 2.05) is 42.5 Å². The van der Waals surface area contributed by atoms with Crippen LogP contribution in [-0.2, 0) is 11.2 Å². The number of nitrogens with zero attached hydrogens (tertiary/aromatic N) is 2. The number of amides is 1. The maximum atomic E-state index is 12.8. The Morgan fingerprint density at radius 2 is 1.93 bits per heavy atom. The van der Waals surface area contributed by atoms with Crippen LogP contribution in [0.1, 0.15) is 37.8 Å². The Hall–Kier alpha value is -2.73. The van der Waals surface area contributed by atoms with Gasteiger partial charge in [0.1, 0.15) is 0 Å². The molecule has 1 saturated heterocycles. The van der Waals surface area contributed by atoms with Crippen LogP contribution in [0.2, 0.25) is 0 Å². The van der Waals surface area contributed by atoms with Crippen LogP contribution < -0.4 is 9.47 Å².